The van der Waals surface area contributed by atoms with Crippen molar-refractivity contribution in [2.75, 3.05) is 37.8 Å². The van der Waals surface area contributed by atoms with Crippen molar-refractivity contribution in [3.63, 3.8) is 0 Å². The lowest BCUT2D eigenvalue weighted by atomic mass is 10.0. The molecule has 7 nitrogen and oxygen atoms in total. The Hall–Kier alpha value is -2.34. The molecule has 0 spiro atoms. The molecule has 2 aliphatic heterocycles. The molecule has 0 saturated carbocycles. The molecule has 0 aliphatic carbocycles. The Labute approximate surface area is 223 Å². The van der Waals surface area contributed by atoms with Gasteiger partial charge < -0.3 is 9.88 Å². The molecule has 12 heteroatoms. The van der Waals surface area contributed by atoms with Crippen LogP contribution in [-0.4, -0.2) is 67.2 Å². The Balaban J connectivity index is 1.38. The molecule has 0 bridgehead atoms. The first-order valence-electron chi connectivity index (χ1n) is 12.2. The number of halogens is 4. The molecule has 2 fully saturated rings. The van der Waals surface area contributed by atoms with E-state index in [4.69, 9.17) is 11.6 Å². The highest BCUT2D eigenvalue weighted by Gasteiger charge is 2.36. The number of rotatable bonds is 7. The number of anilines is 1. The summed E-state index contributed by atoms with van der Waals surface area (Å²) in [5.41, 5.74) is 0.651. The molecule has 5 rings (SSSR count). The van der Waals surface area contributed by atoms with Crippen LogP contribution in [0, 0.1) is 5.92 Å². The maximum atomic E-state index is 13.8. The minimum atomic E-state index is -4.62. The normalized spacial score (nSPS) is 18.2. The molecular weight excluding hydrogens is 523 g/mol. The van der Waals surface area contributed by atoms with Crippen LogP contribution in [0.1, 0.15) is 30.9 Å². The second-order valence-electron chi connectivity index (χ2n) is 9.74. The predicted octanol–water partition coefficient (Wildman–Crippen LogP) is 5.61. The largest absolute Gasteiger partial charge is 0.420 e. The van der Waals surface area contributed by atoms with E-state index >= 15 is 0 Å². The third-order valence-electron chi connectivity index (χ3n) is 6.80. The van der Waals surface area contributed by atoms with Crippen molar-refractivity contribution in [1.82, 2.24) is 28.7 Å². The topological polar surface area (TPSA) is 62.1 Å². The van der Waals surface area contributed by atoms with Gasteiger partial charge in [0.05, 0.1) is 10.7 Å². The molecule has 198 valence electrons. The van der Waals surface area contributed by atoms with Crippen LogP contribution in [0.4, 0.5) is 19.1 Å². The van der Waals surface area contributed by atoms with Crippen LogP contribution >= 0.6 is 23.5 Å². The van der Waals surface area contributed by atoms with E-state index in [-0.39, 0.29) is 23.4 Å². The fourth-order valence-corrected chi connectivity index (χ4v) is 5.75. The maximum Gasteiger partial charge on any atom is 0.420 e. The van der Waals surface area contributed by atoms with Crippen LogP contribution in [0.5, 0.6) is 0 Å². The van der Waals surface area contributed by atoms with Gasteiger partial charge in [0, 0.05) is 51.2 Å². The molecule has 3 aromatic rings. The third kappa shape index (κ3) is 6.05. The Kier molecular flexibility index (Phi) is 7.67. The molecule has 2 aliphatic rings. The number of nitrogens with one attached hydrogen (secondary N) is 1. The molecule has 2 saturated heterocycles. The minimum Gasteiger partial charge on any atom is -0.351 e. The van der Waals surface area contributed by atoms with Crippen molar-refractivity contribution >= 4 is 29.5 Å². The molecule has 2 aromatic heterocycles. The fraction of sp³-hybridized carbons (Fsp3) is 0.480. The van der Waals surface area contributed by atoms with E-state index in [1.54, 1.807) is 16.5 Å². The van der Waals surface area contributed by atoms with Gasteiger partial charge in [-0.3, -0.25) is 9.21 Å². The summed E-state index contributed by atoms with van der Waals surface area (Å²) < 4.78 is 45.4. The summed E-state index contributed by atoms with van der Waals surface area (Å²) in [6.45, 7) is 6.97. The Morgan fingerprint density at radius 1 is 1.16 bits per heavy atom. The Bertz CT molecular complexity index is 1240. The lowest BCUT2D eigenvalue weighted by Gasteiger charge is -2.37. The van der Waals surface area contributed by atoms with Crippen molar-refractivity contribution in [2.24, 2.45) is 5.92 Å². The summed E-state index contributed by atoms with van der Waals surface area (Å²) in [6.07, 6.45) is 2.96. The zero-order valence-electron chi connectivity index (χ0n) is 20.7. The van der Waals surface area contributed by atoms with Crippen LogP contribution in [0.25, 0.3) is 17.1 Å². The van der Waals surface area contributed by atoms with Gasteiger partial charge in [0.2, 0.25) is 5.95 Å². The first kappa shape index (κ1) is 26.3. The van der Waals surface area contributed by atoms with Crippen LogP contribution in [0.15, 0.2) is 36.9 Å². The lowest BCUT2D eigenvalue weighted by Crippen LogP contribution is -2.44. The fourth-order valence-electron chi connectivity index (χ4n) is 4.87. The van der Waals surface area contributed by atoms with Gasteiger partial charge in [0.1, 0.15) is 23.3 Å². The first-order valence-corrected chi connectivity index (χ1v) is 13.8. The Morgan fingerprint density at radius 2 is 1.92 bits per heavy atom. The number of hydrogen-bond acceptors (Lipinski definition) is 7. The number of aromatic nitrogens is 4. The monoisotopic (exact) mass is 551 g/mol. The van der Waals surface area contributed by atoms with Gasteiger partial charge in [-0.25, -0.2) is 15.0 Å². The summed E-state index contributed by atoms with van der Waals surface area (Å²) in [5, 5.41) is 3.72. The highest BCUT2D eigenvalue weighted by atomic mass is 35.5. The van der Waals surface area contributed by atoms with Crippen LogP contribution in [0.3, 0.4) is 0 Å². The summed E-state index contributed by atoms with van der Waals surface area (Å²) in [7, 11) is 0. The molecule has 0 radical (unpaired) electrons. The van der Waals surface area contributed by atoms with E-state index in [9.17, 15) is 13.2 Å². The standard InChI is InChI=1S/C25H29ClF3N7S/c1-16-11-34(12-16)13-17-3-4-22(20(26)9-17)35-14-21(31-15-35)23-19(25(27,28)29)10-30-24(33-23)32-18-5-7-36(37-2)8-6-18/h3-4,9-10,14-16,18H,5-8,11-13H2,1-2H3,(H,30,32,33). The Morgan fingerprint density at radius 3 is 2.57 bits per heavy atom. The van der Waals surface area contributed by atoms with E-state index in [1.165, 1.54) is 12.5 Å². The number of hydrogen-bond donors (Lipinski definition) is 1. The highest BCUT2D eigenvalue weighted by molar-refractivity contribution is 7.96. The van der Waals surface area contributed by atoms with Crippen LogP contribution in [-0.2, 0) is 12.7 Å². The number of alkyl halides is 3. The van der Waals surface area contributed by atoms with Crippen molar-refractivity contribution in [2.45, 2.75) is 38.5 Å². The van der Waals surface area contributed by atoms with E-state index in [0.29, 0.717) is 16.6 Å². The molecule has 1 aromatic carbocycles. The zero-order chi connectivity index (χ0) is 26.2. The molecule has 0 unspecified atom stereocenters. The van der Waals surface area contributed by atoms with Crippen LogP contribution < -0.4 is 5.32 Å². The number of piperidine rings is 1. The van der Waals surface area contributed by atoms with E-state index in [1.807, 2.05) is 24.5 Å². The summed E-state index contributed by atoms with van der Waals surface area (Å²) in [5.74, 6) is 0.884. The SMILES string of the molecule is CSN1CCC(Nc2ncc(C(F)(F)F)c(-c3cn(-c4ccc(CN5CC(C)C5)cc4Cl)cn3)n2)CC1. The van der Waals surface area contributed by atoms with Crippen molar-refractivity contribution in [1.29, 1.82) is 0 Å². The number of benzene rings is 1. The zero-order valence-corrected chi connectivity index (χ0v) is 22.2. The summed E-state index contributed by atoms with van der Waals surface area (Å²) >= 11 is 8.26. The second kappa shape index (κ2) is 10.8. The molecule has 37 heavy (non-hydrogen) atoms. The molecular formula is C25H29ClF3N7S. The average molecular weight is 552 g/mol. The third-order valence-corrected chi connectivity index (χ3v) is 7.99. The van der Waals surface area contributed by atoms with Gasteiger partial charge >= 0.3 is 6.18 Å². The van der Waals surface area contributed by atoms with Gasteiger partial charge in [0.25, 0.3) is 0 Å². The van der Waals surface area contributed by atoms with E-state index in [0.717, 1.165) is 57.3 Å². The number of imidazole rings is 1. The minimum absolute atomic E-state index is 0.0994. The predicted molar refractivity (Wildman–Crippen MR) is 141 cm³/mol. The van der Waals surface area contributed by atoms with Gasteiger partial charge in [0.15, 0.2) is 0 Å². The quantitative estimate of drug-likeness (QED) is 0.383. The van der Waals surface area contributed by atoms with Gasteiger partial charge in [-0.05, 0) is 42.7 Å². The molecule has 0 amide bonds. The number of likely N-dealkylation sites (tertiary alicyclic amines) is 1. The van der Waals surface area contributed by atoms with Crippen molar-refractivity contribution in [3.8, 4) is 17.1 Å². The lowest BCUT2D eigenvalue weighted by molar-refractivity contribution is -0.137. The molecule has 1 N–H and O–H groups in total. The van der Waals surface area contributed by atoms with Crippen LogP contribution in [0.2, 0.25) is 5.02 Å². The highest BCUT2D eigenvalue weighted by Crippen LogP contribution is 2.36. The van der Waals surface area contributed by atoms with Gasteiger partial charge in [-0.1, -0.05) is 36.5 Å². The van der Waals surface area contributed by atoms with E-state index < -0.39 is 11.7 Å². The smallest absolute Gasteiger partial charge is 0.351 e. The average Bonchev–Trinajstić information content (AvgIpc) is 3.33. The van der Waals surface area contributed by atoms with Gasteiger partial charge in [-0.2, -0.15) is 13.2 Å². The summed E-state index contributed by atoms with van der Waals surface area (Å²) in [4.78, 5) is 14.8. The van der Waals surface area contributed by atoms with Crippen molar-refractivity contribution < 1.29 is 13.2 Å². The maximum absolute atomic E-state index is 13.8. The first-order chi connectivity index (χ1) is 17.7. The van der Waals surface area contributed by atoms with Crippen molar-refractivity contribution in [3.05, 3.63) is 53.1 Å². The summed E-state index contributed by atoms with van der Waals surface area (Å²) in [6, 6.07) is 5.85. The second-order valence-corrected chi connectivity index (χ2v) is 11.0. The molecule has 4 heterocycles. The molecule has 0 atom stereocenters. The number of nitrogens with zero attached hydrogens (tertiary/aromatic N) is 6. The van der Waals surface area contributed by atoms with Gasteiger partial charge in [-0.15, -0.1) is 0 Å². The van der Waals surface area contributed by atoms with E-state index in [2.05, 4.69) is 36.4 Å².